The highest BCUT2D eigenvalue weighted by atomic mass is 16.5. The number of aliphatic imine (C=N–C) groups is 1. The van der Waals surface area contributed by atoms with Crippen LogP contribution in [0.4, 0.5) is 11.4 Å². The second-order valence-electron chi connectivity index (χ2n) is 7.47. The lowest BCUT2D eigenvalue weighted by Crippen LogP contribution is -2.52. The molecule has 0 aromatic heterocycles. The van der Waals surface area contributed by atoms with E-state index in [2.05, 4.69) is 39.5 Å². The van der Waals surface area contributed by atoms with E-state index in [1.54, 1.807) is 7.11 Å². The second-order valence-corrected chi connectivity index (χ2v) is 7.47. The summed E-state index contributed by atoms with van der Waals surface area (Å²) >= 11 is 0. The van der Waals surface area contributed by atoms with Crippen LogP contribution in [0.1, 0.15) is 13.8 Å². The molecule has 1 aliphatic heterocycles. The summed E-state index contributed by atoms with van der Waals surface area (Å²) in [6.45, 7) is 9.06. The van der Waals surface area contributed by atoms with Crippen molar-refractivity contribution in [2.45, 2.75) is 13.8 Å². The van der Waals surface area contributed by atoms with Gasteiger partial charge in [0, 0.05) is 57.1 Å². The molecule has 172 valence electrons. The van der Waals surface area contributed by atoms with Gasteiger partial charge in [0.15, 0.2) is 5.96 Å². The third-order valence-corrected chi connectivity index (χ3v) is 5.13. The average molecular weight is 440 g/mol. The molecule has 0 spiro atoms. The minimum absolute atomic E-state index is 0.103. The Labute approximate surface area is 190 Å². The van der Waals surface area contributed by atoms with Gasteiger partial charge in [-0.15, -0.1) is 0 Å². The van der Waals surface area contributed by atoms with Gasteiger partial charge in [0.1, 0.15) is 18.1 Å². The van der Waals surface area contributed by atoms with E-state index >= 15 is 0 Å². The quantitative estimate of drug-likeness (QED) is 0.374. The summed E-state index contributed by atoms with van der Waals surface area (Å²) in [7, 11) is 1.68. The molecule has 2 N–H and O–H groups in total. The van der Waals surface area contributed by atoms with Crippen LogP contribution in [0, 0.1) is 0 Å². The van der Waals surface area contributed by atoms with Crippen molar-refractivity contribution in [2.24, 2.45) is 4.99 Å². The van der Waals surface area contributed by atoms with Gasteiger partial charge in [-0.2, -0.15) is 0 Å². The Morgan fingerprint density at radius 3 is 2.47 bits per heavy atom. The summed E-state index contributed by atoms with van der Waals surface area (Å²) in [5.41, 5.74) is 1.93. The molecule has 1 aliphatic rings. The fraction of sp³-hybridized carbons (Fsp3) is 0.417. The van der Waals surface area contributed by atoms with E-state index in [1.807, 2.05) is 36.4 Å². The van der Waals surface area contributed by atoms with E-state index in [9.17, 15) is 4.79 Å². The fourth-order valence-corrected chi connectivity index (χ4v) is 3.58. The van der Waals surface area contributed by atoms with Crippen molar-refractivity contribution >= 4 is 23.2 Å². The van der Waals surface area contributed by atoms with Gasteiger partial charge in [0.25, 0.3) is 0 Å². The van der Waals surface area contributed by atoms with Gasteiger partial charge in [-0.3, -0.25) is 4.79 Å². The summed E-state index contributed by atoms with van der Waals surface area (Å²) in [5.74, 6) is 2.40. The maximum absolute atomic E-state index is 11.2. The zero-order valence-corrected chi connectivity index (χ0v) is 19.1. The summed E-state index contributed by atoms with van der Waals surface area (Å²) in [5, 5.41) is 6.15. The molecular weight excluding hydrogens is 406 g/mol. The highest BCUT2D eigenvalue weighted by molar-refractivity contribution is 5.88. The third-order valence-electron chi connectivity index (χ3n) is 5.13. The van der Waals surface area contributed by atoms with E-state index in [1.165, 1.54) is 12.6 Å². The number of anilines is 2. The molecule has 1 amide bonds. The molecule has 0 bridgehead atoms. The fourth-order valence-electron chi connectivity index (χ4n) is 3.58. The minimum atomic E-state index is -0.103. The molecular formula is C24H33N5O3. The van der Waals surface area contributed by atoms with Crippen molar-refractivity contribution in [2.75, 3.05) is 63.2 Å². The number of methoxy groups -OCH3 is 1. The normalized spacial score (nSPS) is 14.2. The van der Waals surface area contributed by atoms with E-state index < -0.39 is 0 Å². The predicted octanol–water partition coefficient (Wildman–Crippen LogP) is 2.82. The van der Waals surface area contributed by atoms with Crippen LogP contribution in [0.3, 0.4) is 0 Å². The van der Waals surface area contributed by atoms with Gasteiger partial charge in [0.05, 0.1) is 13.7 Å². The van der Waals surface area contributed by atoms with Gasteiger partial charge >= 0.3 is 0 Å². The van der Waals surface area contributed by atoms with Gasteiger partial charge in [-0.1, -0.05) is 6.07 Å². The number of hydrogen-bond acceptors (Lipinski definition) is 5. The molecule has 0 saturated carbocycles. The Morgan fingerprint density at radius 2 is 1.81 bits per heavy atom. The van der Waals surface area contributed by atoms with E-state index in [4.69, 9.17) is 14.5 Å². The monoisotopic (exact) mass is 439 g/mol. The number of nitrogens with zero attached hydrogens (tertiary/aromatic N) is 3. The van der Waals surface area contributed by atoms with Crippen LogP contribution in [0.15, 0.2) is 53.5 Å². The molecule has 1 saturated heterocycles. The highest BCUT2D eigenvalue weighted by Gasteiger charge is 2.19. The number of carbonyl (C=O) groups is 1. The molecule has 1 heterocycles. The standard InChI is InChI=1S/C24H33N5O3/c1-4-25-24(26-12-17-32-23-7-5-6-20(18-23)27-19(2)30)29-15-13-28(14-16-29)21-8-10-22(31-3)11-9-21/h5-11,18H,4,12-17H2,1-3H3,(H,25,26)(H,27,30). The van der Waals surface area contributed by atoms with E-state index in [0.717, 1.165) is 50.1 Å². The largest absolute Gasteiger partial charge is 0.497 e. The first-order chi connectivity index (χ1) is 15.6. The smallest absolute Gasteiger partial charge is 0.221 e. The number of amides is 1. The molecule has 1 fully saturated rings. The van der Waals surface area contributed by atoms with Crippen molar-refractivity contribution in [3.05, 3.63) is 48.5 Å². The lowest BCUT2D eigenvalue weighted by atomic mass is 10.2. The van der Waals surface area contributed by atoms with Gasteiger partial charge < -0.3 is 29.9 Å². The Balaban J connectivity index is 1.50. The number of piperazine rings is 1. The average Bonchev–Trinajstić information content (AvgIpc) is 2.81. The van der Waals surface area contributed by atoms with Crippen LogP contribution in [0.2, 0.25) is 0 Å². The van der Waals surface area contributed by atoms with Crippen LogP contribution in [0.5, 0.6) is 11.5 Å². The number of benzene rings is 2. The van der Waals surface area contributed by atoms with E-state index in [0.29, 0.717) is 18.9 Å². The number of carbonyl (C=O) groups excluding carboxylic acids is 1. The maximum Gasteiger partial charge on any atom is 0.221 e. The Morgan fingerprint density at radius 1 is 1.06 bits per heavy atom. The van der Waals surface area contributed by atoms with Crippen molar-refractivity contribution in [1.29, 1.82) is 0 Å². The first-order valence-corrected chi connectivity index (χ1v) is 11.0. The lowest BCUT2D eigenvalue weighted by molar-refractivity contribution is -0.114. The molecule has 0 atom stereocenters. The number of hydrogen-bond donors (Lipinski definition) is 2. The van der Waals surface area contributed by atoms with Gasteiger partial charge in [0.2, 0.25) is 5.91 Å². The van der Waals surface area contributed by atoms with Crippen LogP contribution in [-0.4, -0.2) is 69.8 Å². The Hall–Kier alpha value is -3.42. The van der Waals surface area contributed by atoms with E-state index in [-0.39, 0.29) is 5.91 Å². The molecule has 8 nitrogen and oxygen atoms in total. The third kappa shape index (κ3) is 6.80. The van der Waals surface area contributed by atoms with Crippen molar-refractivity contribution in [1.82, 2.24) is 10.2 Å². The number of nitrogens with one attached hydrogen (secondary N) is 2. The van der Waals surface area contributed by atoms with Crippen molar-refractivity contribution in [3.8, 4) is 11.5 Å². The summed E-state index contributed by atoms with van der Waals surface area (Å²) in [4.78, 5) is 20.6. The molecule has 0 unspecified atom stereocenters. The molecule has 0 radical (unpaired) electrons. The first-order valence-electron chi connectivity index (χ1n) is 11.0. The topological polar surface area (TPSA) is 78.4 Å². The number of guanidine groups is 1. The predicted molar refractivity (Wildman–Crippen MR) is 129 cm³/mol. The highest BCUT2D eigenvalue weighted by Crippen LogP contribution is 2.20. The Bertz CT molecular complexity index is 893. The molecule has 3 rings (SSSR count). The Kier molecular flexibility index (Phi) is 8.60. The molecule has 2 aromatic carbocycles. The van der Waals surface area contributed by atoms with Crippen LogP contribution >= 0.6 is 0 Å². The van der Waals surface area contributed by atoms with Crippen LogP contribution in [-0.2, 0) is 4.79 Å². The SMILES string of the molecule is CCNC(=NCCOc1cccc(NC(C)=O)c1)N1CCN(c2ccc(OC)cc2)CC1. The zero-order chi connectivity index (χ0) is 22.8. The van der Waals surface area contributed by atoms with Crippen molar-refractivity contribution in [3.63, 3.8) is 0 Å². The molecule has 2 aromatic rings. The van der Waals surface area contributed by atoms with Crippen molar-refractivity contribution < 1.29 is 14.3 Å². The number of rotatable bonds is 8. The maximum atomic E-state index is 11.2. The lowest BCUT2D eigenvalue weighted by Gasteiger charge is -2.37. The minimum Gasteiger partial charge on any atom is -0.497 e. The van der Waals surface area contributed by atoms with Gasteiger partial charge in [-0.25, -0.2) is 4.99 Å². The zero-order valence-electron chi connectivity index (χ0n) is 19.1. The van der Waals surface area contributed by atoms with Crippen LogP contribution < -0.4 is 25.0 Å². The molecule has 0 aliphatic carbocycles. The number of ether oxygens (including phenoxy) is 2. The second kappa shape index (κ2) is 11.8. The summed E-state index contributed by atoms with van der Waals surface area (Å²) in [6.07, 6.45) is 0. The van der Waals surface area contributed by atoms with Gasteiger partial charge in [-0.05, 0) is 43.3 Å². The molecule has 8 heteroatoms. The van der Waals surface area contributed by atoms with Crippen LogP contribution in [0.25, 0.3) is 0 Å². The summed E-state index contributed by atoms with van der Waals surface area (Å²) in [6, 6.07) is 15.6. The first kappa shape index (κ1) is 23.2. The molecule has 32 heavy (non-hydrogen) atoms. The summed E-state index contributed by atoms with van der Waals surface area (Å²) < 4.78 is 11.1.